The molecule has 2 rings (SSSR count). The molecule has 1 aromatic heterocycles. The van der Waals surface area contributed by atoms with Gasteiger partial charge in [0.25, 0.3) is 0 Å². The van der Waals surface area contributed by atoms with Gasteiger partial charge in [0.15, 0.2) is 0 Å². The van der Waals surface area contributed by atoms with E-state index in [1.807, 2.05) is 23.2 Å². The number of nitrogens with zero attached hydrogens (tertiary/aromatic N) is 2. The molecule has 0 fully saturated rings. The monoisotopic (exact) mass is 314 g/mol. The third kappa shape index (κ3) is 6.80. The van der Waals surface area contributed by atoms with Crippen molar-refractivity contribution in [1.29, 1.82) is 0 Å². The number of aromatic nitrogens is 2. The molecular formula is C19H26N2O2. The average molecular weight is 314 g/mol. The molecule has 2 aromatic rings. The van der Waals surface area contributed by atoms with Crippen molar-refractivity contribution in [3.05, 3.63) is 60.2 Å². The molecule has 0 radical (unpaired) electrons. The van der Waals surface area contributed by atoms with Gasteiger partial charge in [-0.15, -0.1) is 0 Å². The van der Waals surface area contributed by atoms with Crippen molar-refractivity contribution in [2.75, 3.05) is 13.2 Å². The topological polar surface area (TPSA) is 47.3 Å². The van der Waals surface area contributed by atoms with Gasteiger partial charge in [-0.25, -0.2) is 4.98 Å². The van der Waals surface area contributed by atoms with Crippen LogP contribution in [0.1, 0.15) is 37.3 Å². The highest BCUT2D eigenvalue weighted by atomic mass is 16.5. The fourth-order valence-electron chi connectivity index (χ4n) is 2.26. The Morgan fingerprint density at radius 3 is 2.78 bits per heavy atom. The molecule has 1 unspecified atom stereocenters. The SMILES string of the molecule is CCCCCOCC(O)/C=C/c1ccc(Cn2ccnc2)cc1. The zero-order valence-corrected chi connectivity index (χ0v) is 13.8. The van der Waals surface area contributed by atoms with Crippen LogP contribution in [-0.2, 0) is 11.3 Å². The first kappa shape index (κ1) is 17.4. The van der Waals surface area contributed by atoms with Crippen molar-refractivity contribution in [3.63, 3.8) is 0 Å². The zero-order valence-electron chi connectivity index (χ0n) is 13.8. The van der Waals surface area contributed by atoms with E-state index in [-0.39, 0.29) is 0 Å². The van der Waals surface area contributed by atoms with E-state index in [9.17, 15) is 5.11 Å². The highest BCUT2D eigenvalue weighted by molar-refractivity contribution is 5.50. The Labute approximate surface area is 138 Å². The molecule has 0 spiro atoms. The van der Waals surface area contributed by atoms with E-state index in [4.69, 9.17) is 4.74 Å². The van der Waals surface area contributed by atoms with Gasteiger partial charge in [-0.3, -0.25) is 0 Å². The third-order valence-corrected chi connectivity index (χ3v) is 3.60. The minimum atomic E-state index is -0.553. The molecule has 124 valence electrons. The second-order valence-electron chi connectivity index (χ2n) is 5.69. The summed E-state index contributed by atoms with van der Waals surface area (Å²) in [6.07, 6.45) is 12.1. The molecule has 4 heteroatoms. The van der Waals surface area contributed by atoms with Crippen molar-refractivity contribution >= 4 is 6.08 Å². The number of unbranched alkanes of at least 4 members (excludes halogenated alkanes) is 2. The van der Waals surface area contributed by atoms with Crippen molar-refractivity contribution < 1.29 is 9.84 Å². The van der Waals surface area contributed by atoms with Crippen molar-refractivity contribution in [2.24, 2.45) is 0 Å². The predicted octanol–water partition coefficient (Wildman–Crippen LogP) is 3.51. The minimum absolute atomic E-state index is 0.360. The molecular weight excluding hydrogens is 288 g/mol. The van der Waals surface area contributed by atoms with Crippen LogP contribution in [0.2, 0.25) is 0 Å². The number of rotatable bonds is 10. The summed E-state index contributed by atoms with van der Waals surface area (Å²) in [7, 11) is 0. The molecule has 23 heavy (non-hydrogen) atoms. The Balaban J connectivity index is 1.73. The minimum Gasteiger partial charge on any atom is -0.387 e. The molecule has 0 aliphatic rings. The van der Waals surface area contributed by atoms with Crippen molar-refractivity contribution in [1.82, 2.24) is 9.55 Å². The van der Waals surface area contributed by atoms with Gasteiger partial charge in [-0.1, -0.05) is 56.2 Å². The first-order valence-corrected chi connectivity index (χ1v) is 8.26. The maximum atomic E-state index is 9.87. The largest absolute Gasteiger partial charge is 0.387 e. The normalized spacial score (nSPS) is 12.8. The van der Waals surface area contributed by atoms with Gasteiger partial charge in [0.1, 0.15) is 0 Å². The second kappa shape index (κ2) is 9.98. The van der Waals surface area contributed by atoms with Crippen LogP contribution in [0.25, 0.3) is 6.08 Å². The molecule has 1 N–H and O–H groups in total. The molecule has 0 saturated carbocycles. The Morgan fingerprint density at radius 1 is 1.26 bits per heavy atom. The van der Waals surface area contributed by atoms with Gasteiger partial charge in [0, 0.05) is 25.5 Å². The summed E-state index contributed by atoms with van der Waals surface area (Å²) < 4.78 is 7.49. The summed E-state index contributed by atoms with van der Waals surface area (Å²) in [6.45, 7) is 4.07. The van der Waals surface area contributed by atoms with Crippen LogP contribution in [0, 0.1) is 0 Å². The number of aliphatic hydroxyl groups is 1. The van der Waals surface area contributed by atoms with Gasteiger partial charge in [-0.2, -0.15) is 0 Å². The van der Waals surface area contributed by atoms with Crippen LogP contribution in [-0.4, -0.2) is 34.0 Å². The standard InChI is InChI=1S/C19H26N2O2/c1-2-3-4-13-23-15-19(22)10-9-17-5-7-18(8-6-17)14-21-12-11-20-16-21/h5-12,16,19,22H,2-4,13-15H2,1H3/b10-9+. The van der Waals surface area contributed by atoms with E-state index in [0.29, 0.717) is 6.61 Å². The summed E-state index contributed by atoms with van der Waals surface area (Å²) in [5, 5.41) is 9.87. The summed E-state index contributed by atoms with van der Waals surface area (Å²) >= 11 is 0. The van der Waals surface area contributed by atoms with E-state index in [1.54, 1.807) is 12.3 Å². The van der Waals surface area contributed by atoms with Crippen LogP contribution >= 0.6 is 0 Å². The van der Waals surface area contributed by atoms with E-state index in [1.165, 1.54) is 18.4 Å². The Hall–Kier alpha value is -1.91. The van der Waals surface area contributed by atoms with Gasteiger partial charge < -0.3 is 14.4 Å². The molecule has 0 saturated heterocycles. The highest BCUT2D eigenvalue weighted by Crippen LogP contribution is 2.08. The van der Waals surface area contributed by atoms with Gasteiger partial charge in [0.05, 0.1) is 19.0 Å². The lowest BCUT2D eigenvalue weighted by Gasteiger charge is -2.07. The maximum absolute atomic E-state index is 9.87. The van der Waals surface area contributed by atoms with Crippen LogP contribution < -0.4 is 0 Å². The number of imidazole rings is 1. The predicted molar refractivity (Wildman–Crippen MR) is 93.2 cm³/mol. The van der Waals surface area contributed by atoms with Crippen LogP contribution in [0.3, 0.4) is 0 Å². The summed E-state index contributed by atoms with van der Waals surface area (Å²) in [5.41, 5.74) is 2.30. The Kier molecular flexibility index (Phi) is 7.57. The maximum Gasteiger partial charge on any atom is 0.0957 e. The van der Waals surface area contributed by atoms with Gasteiger partial charge in [-0.05, 0) is 17.5 Å². The van der Waals surface area contributed by atoms with Gasteiger partial charge in [0.2, 0.25) is 0 Å². The van der Waals surface area contributed by atoms with Crippen molar-refractivity contribution in [3.8, 4) is 0 Å². The molecule has 1 atom stereocenters. The van der Waals surface area contributed by atoms with E-state index >= 15 is 0 Å². The fraction of sp³-hybridized carbons (Fsp3) is 0.421. The number of benzene rings is 1. The number of aliphatic hydroxyl groups excluding tert-OH is 1. The van der Waals surface area contributed by atoms with Crippen LogP contribution in [0.5, 0.6) is 0 Å². The number of ether oxygens (including phenoxy) is 1. The number of hydrogen-bond donors (Lipinski definition) is 1. The molecule has 1 aromatic carbocycles. The summed E-state index contributed by atoms with van der Waals surface area (Å²) in [5.74, 6) is 0. The Morgan fingerprint density at radius 2 is 2.09 bits per heavy atom. The molecule has 1 heterocycles. The molecule has 0 aliphatic carbocycles. The van der Waals surface area contributed by atoms with Crippen molar-refractivity contribution in [2.45, 2.75) is 38.8 Å². The lowest BCUT2D eigenvalue weighted by molar-refractivity contribution is 0.0581. The van der Waals surface area contributed by atoms with E-state index < -0.39 is 6.10 Å². The highest BCUT2D eigenvalue weighted by Gasteiger charge is 1.99. The van der Waals surface area contributed by atoms with E-state index in [2.05, 4.69) is 36.2 Å². The summed E-state index contributed by atoms with van der Waals surface area (Å²) in [4.78, 5) is 4.04. The second-order valence-corrected chi connectivity index (χ2v) is 5.69. The zero-order chi connectivity index (χ0) is 16.3. The first-order valence-electron chi connectivity index (χ1n) is 8.26. The first-order chi connectivity index (χ1) is 11.3. The summed E-state index contributed by atoms with van der Waals surface area (Å²) in [6, 6.07) is 8.29. The lowest BCUT2D eigenvalue weighted by atomic mass is 10.1. The molecule has 0 bridgehead atoms. The molecule has 4 nitrogen and oxygen atoms in total. The third-order valence-electron chi connectivity index (χ3n) is 3.60. The molecule has 0 amide bonds. The quantitative estimate of drug-likeness (QED) is 0.683. The smallest absolute Gasteiger partial charge is 0.0957 e. The Bertz CT molecular complexity index is 562. The van der Waals surface area contributed by atoms with Gasteiger partial charge >= 0.3 is 0 Å². The lowest BCUT2D eigenvalue weighted by Crippen LogP contribution is -2.12. The van der Waals surface area contributed by atoms with Crippen LogP contribution in [0.15, 0.2) is 49.1 Å². The number of hydrogen-bond acceptors (Lipinski definition) is 3. The molecule has 0 aliphatic heterocycles. The van der Waals surface area contributed by atoms with Crippen LogP contribution in [0.4, 0.5) is 0 Å². The average Bonchev–Trinajstić information content (AvgIpc) is 3.07. The fourth-order valence-corrected chi connectivity index (χ4v) is 2.26. The van der Waals surface area contributed by atoms with E-state index in [0.717, 1.165) is 25.1 Å².